The van der Waals surface area contributed by atoms with E-state index in [-0.39, 0.29) is 6.03 Å². The summed E-state index contributed by atoms with van der Waals surface area (Å²) >= 11 is 0. The maximum atomic E-state index is 12.3. The Hall–Kier alpha value is -1.36. The van der Waals surface area contributed by atoms with Crippen LogP contribution >= 0.6 is 0 Å². The van der Waals surface area contributed by atoms with Gasteiger partial charge in [0, 0.05) is 42.1 Å². The average molecular weight is 337 g/mol. The second-order valence-electron chi connectivity index (χ2n) is 6.67. The van der Waals surface area contributed by atoms with Gasteiger partial charge < -0.3 is 10.2 Å². The Morgan fingerprint density at radius 3 is 2.39 bits per heavy atom. The molecule has 1 atom stereocenters. The Labute approximate surface area is 142 Å². The van der Waals surface area contributed by atoms with Crippen LogP contribution < -0.4 is 5.32 Å². The average Bonchev–Trinajstić information content (AvgIpc) is 3.02. The first-order valence-electron chi connectivity index (χ1n) is 8.37. The van der Waals surface area contributed by atoms with Gasteiger partial charge in [-0.3, -0.25) is 4.21 Å². The van der Waals surface area contributed by atoms with Crippen LogP contribution in [0.3, 0.4) is 0 Å². The smallest absolute Gasteiger partial charge is 0.317 e. The van der Waals surface area contributed by atoms with Crippen molar-refractivity contribution in [3.8, 4) is 0 Å². The second-order valence-corrected chi connectivity index (χ2v) is 8.05. The van der Waals surface area contributed by atoms with Crippen LogP contribution in [-0.4, -0.2) is 35.0 Å². The van der Waals surface area contributed by atoms with Gasteiger partial charge in [-0.2, -0.15) is 0 Å². The van der Waals surface area contributed by atoms with Crippen molar-refractivity contribution < 1.29 is 9.00 Å². The van der Waals surface area contributed by atoms with E-state index in [2.05, 4.69) is 12.2 Å². The lowest BCUT2D eigenvalue weighted by molar-refractivity contribution is 0.194. The number of rotatable bonds is 6. The van der Waals surface area contributed by atoms with Gasteiger partial charge in [-0.05, 0) is 42.4 Å². The normalized spacial score (nSPS) is 17.7. The summed E-state index contributed by atoms with van der Waals surface area (Å²) in [5.74, 6) is 0. The van der Waals surface area contributed by atoms with E-state index in [0.717, 1.165) is 23.4 Å². The molecule has 0 unspecified atom stereocenters. The quantitative estimate of drug-likeness (QED) is 0.864. The fourth-order valence-electron chi connectivity index (χ4n) is 3.31. The highest BCUT2D eigenvalue weighted by molar-refractivity contribution is 7.84. The first-order valence-corrected chi connectivity index (χ1v) is 9.93. The zero-order chi connectivity index (χ0) is 16.9. The van der Waals surface area contributed by atoms with E-state index in [4.69, 9.17) is 0 Å². The van der Waals surface area contributed by atoms with Gasteiger partial charge >= 0.3 is 6.03 Å². The van der Waals surface area contributed by atoms with Crippen molar-refractivity contribution in [1.29, 1.82) is 0 Å². The number of hydrogen-bond acceptors (Lipinski definition) is 2. The van der Waals surface area contributed by atoms with Gasteiger partial charge in [-0.15, -0.1) is 0 Å². The molecular formula is C18H28N2O2S. The molecular weight excluding hydrogens is 308 g/mol. The van der Waals surface area contributed by atoms with Crippen molar-refractivity contribution in [2.24, 2.45) is 5.41 Å². The van der Waals surface area contributed by atoms with Gasteiger partial charge in [-0.25, -0.2) is 4.79 Å². The number of carbonyl (C=O) groups is 1. The van der Waals surface area contributed by atoms with Crippen molar-refractivity contribution in [2.45, 2.75) is 50.5 Å². The maximum Gasteiger partial charge on any atom is 0.317 e. The number of carbonyl (C=O) groups excluding carboxylic acids is 1. The van der Waals surface area contributed by atoms with E-state index in [1.165, 1.54) is 25.7 Å². The number of hydrogen-bond donors (Lipinski definition) is 1. The highest BCUT2D eigenvalue weighted by Gasteiger charge is 2.32. The van der Waals surface area contributed by atoms with E-state index >= 15 is 0 Å². The first-order chi connectivity index (χ1) is 11.0. The maximum absolute atomic E-state index is 12.3. The van der Waals surface area contributed by atoms with Crippen molar-refractivity contribution >= 4 is 16.8 Å². The fraction of sp³-hybridized carbons (Fsp3) is 0.611. The van der Waals surface area contributed by atoms with Crippen LogP contribution in [0.2, 0.25) is 0 Å². The van der Waals surface area contributed by atoms with Crippen LogP contribution in [0.15, 0.2) is 29.2 Å². The number of nitrogens with one attached hydrogen (secondary N) is 1. The number of nitrogens with zero attached hydrogens (tertiary/aromatic N) is 1. The minimum absolute atomic E-state index is 0.0205. The van der Waals surface area contributed by atoms with Crippen LogP contribution in [0, 0.1) is 5.41 Å². The van der Waals surface area contributed by atoms with Gasteiger partial charge in [0.2, 0.25) is 0 Å². The molecule has 0 radical (unpaired) electrons. The highest BCUT2D eigenvalue weighted by Crippen LogP contribution is 2.40. The summed E-state index contributed by atoms with van der Waals surface area (Å²) in [7, 11) is 0.852. The van der Waals surface area contributed by atoms with E-state index in [1.807, 2.05) is 31.3 Å². The molecule has 128 valence electrons. The third kappa shape index (κ3) is 4.80. The number of benzene rings is 1. The second kappa shape index (κ2) is 7.95. The Kier molecular flexibility index (Phi) is 6.22. The zero-order valence-electron chi connectivity index (χ0n) is 14.4. The topological polar surface area (TPSA) is 49.4 Å². The minimum atomic E-state index is -0.962. The lowest BCUT2D eigenvalue weighted by Crippen LogP contribution is -2.42. The van der Waals surface area contributed by atoms with Crippen molar-refractivity contribution in [2.75, 3.05) is 19.8 Å². The van der Waals surface area contributed by atoms with Gasteiger partial charge in [0.25, 0.3) is 0 Å². The van der Waals surface area contributed by atoms with E-state index in [0.29, 0.717) is 12.0 Å². The summed E-state index contributed by atoms with van der Waals surface area (Å²) in [6, 6.07) is 7.58. The summed E-state index contributed by atoms with van der Waals surface area (Å²) in [6.45, 7) is 3.56. The molecule has 1 aromatic rings. The summed E-state index contributed by atoms with van der Waals surface area (Å²) in [4.78, 5) is 14.8. The van der Waals surface area contributed by atoms with Crippen LogP contribution in [-0.2, 0) is 17.3 Å². The third-order valence-electron chi connectivity index (χ3n) is 5.05. The molecule has 1 aromatic carbocycles. The molecule has 5 heteroatoms. The molecule has 4 nitrogen and oxygen atoms in total. The van der Waals surface area contributed by atoms with E-state index in [9.17, 15) is 9.00 Å². The van der Waals surface area contributed by atoms with Crippen molar-refractivity contribution in [3.63, 3.8) is 0 Å². The summed E-state index contributed by atoms with van der Waals surface area (Å²) in [5, 5.41) is 3.10. The first kappa shape index (κ1) is 18.0. The minimum Gasteiger partial charge on any atom is -0.337 e. The standard InChI is InChI=1S/C18H28N2O2S/c1-4-18(11-5-6-12-18)14-19-17(21)20(2)13-15-7-9-16(10-8-15)23(3)22/h7-10H,4-6,11-14H2,1-3H3,(H,19,21)/t23-/m1/s1. The Morgan fingerprint density at radius 1 is 1.26 bits per heavy atom. The van der Waals surface area contributed by atoms with Crippen LogP contribution in [0.25, 0.3) is 0 Å². The van der Waals surface area contributed by atoms with Crippen LogP contribution in [0.4, 0.5) is 4.79 Å². The number of urea groups is 1. The van der Waals surface area contributed by atoms with Gasteiger partial charge in [0.05, 0.1) is 0 Å². The van der Waals surface area contributed by atoms with Crippen LogP contribution in [0.5, 0.6) is 0 Å². The van der Waals surface area contributed by atoms with Crippen LogP contribution in [0.1, 0.15) is 44.6 Å². The molecule has 23 heavy (non-hydrogen) atoms. The molecule has 0 aromatic heterocycles. The molecule has 2 rings (SSSR count). The predicted molar refractivity (Wildman–Crippen MR) is 94.8 cm³/mol. The molecule has 2 amide bonds. The van der Waals surface area contributed by atoms with E-state index < -0.39 is 10.8 Å². The SMILES string of the molecule is CCC1(CNC(=O)N(C)Cc2ccc([S@@](C)=O)cc2)CCCC1. The summed E-state index contributed by atoms with van der Waals surface area (Å²) < 4.78 is 11.4. The summed E-state index contributed by atoms with van der Waals surface area (Å²) in [6.07, 6.45) is 7.81. The molecule has 0 aliphatic heterocycles. The predicted octanol–water partition coefficient (Wildman–Crippen LogP) is 3.54. The largest absolute Gasteiger partial charge is 0.337 e. The Morgan fingerprint density at radius 2 is 1.87 bits per heavy atom. The molecule has 0 saturated heterocycles. The zero-order valence-corrected chi connectivity index (χ0v) is 15.2. The Bertz CT molecular complexity index is 551. The van der Waals surface area contributed by atoms with Gasteiger partial charge in [0.15, 0.2) is 0 Å². The number of amides is 2. The molecule has 1 saturated carbocycles. The molecule has 0 bridgehead atoms. The Balaban J connectivity index is 1.86. The lowest BCUT2D eigenvalue weighted by atomic mass is 9.83. The van der Waals surface area contributed by atoms with Crippen molar-refractivity contribution in [3.05, 3.63) is 29.8 Å². The molecule has 1 N–H and O–H groups in total. The molecule has 1 fully saturated rings. The highest BCUT2D eigenvalue weighted by atomic mass is 32.2. The molecule has 0 spiro atoms. The van der Waals surface area contributed by atoms with Gasteiger partial charge in [0.1, 0.15) is 0 Å². The molecule has 1 aliphatic rings. The fourth-order valence-corrected chi connectivity index (χ4v) is 3.83. The van der Waals surface area contributed by atoms with Crippen molar-refractivity contribution in [1.82, 2.24) is 10.2 Å². The molecule has 1 aliphatic carbocycles. The molecule has 0 heterocycles. The summed E-state index contributed by atoms with van der Waals surface area (Å²) in [5.41, 5.74) is 1.35. The van der Waals surface area contributed by atoms with Gasteiger partial charge in [-0.1, -0.05) is 31.9 Å². The van der Waals surface area contributed by atoms with E-state index in [1.54, 1.807) is 11.2 Å². The lowest BCUT2D eigenvalue weighted by Gasteiger charge is -2.29. The monoisotopic (exact) mass is 336 g/mol. The third-order valence-corrected chi connectivity index (χ3v) is 5.99.